The first-order valence-corrected chi connectivity index (χ1v) is 7.00. The largest absolute Gasteiger partial charge is 0.234 e. The van der Waals surface area contributed by atoms with E-state index in [4.69, 9.17) is 0 Å². The summed E-state index contributed by atoms with van der Waals surface area (Å²) >= 11 is 0. The van der Waals surface area contributed by atoms with Crippen molar-refractivity contribution >= 4 is 16.7 Å². The fraction of sp³-hybridized carbons (Fsp3) is 0.500. The first-order valence-electron chi connectivity index (χ1n) is 5.89. The van der Waals surface area contributed by atoms with Gasteiger partial charge >= 0.3 is 0 Å². The highest BCUT2D eigenvalue weighted by Gasteiger charge is 2.18. The van der Waals surface area contributed by atoms with Gasteiger partial charge in [0.15, 0.2) is 0 Å². The summed E-state index contributed by atoms with van der Waals surface area (Å²) in [7, 11) is -1.14. The minimum Gasteiger partial charge on any atom is -0.234 e. The first kappa shape index (κ1) is 14.1. The average Bonchev–Trinajstić information content (AvgIpc) is 2.26. The quantitative estimate of drug-likeness (QED) is 0.753. The summed E-state index contributed by atoms with van der Waals surface area (Å²) in [6.45, 7) is 7.78. The highest BCUT2D eigenvalue weighted by Crippen LogP contribution is 2.13. The summed E-state index contributed by atoms with van der Waals surface area (Å²) in [5.74, 6) is 0. The van der Waals surface area contributed by atoms with E-state index in [2.05, 4.69) is 16.5 Å². The number of hydrogen-bond donors (Lipinski definition) is 0. The van der Waals surface area contributed by atoms with Gasteiger partial charge < -0.3 is 0 Å². The number of hydrogen-bond acceptors (Lipinski definition) is 1. The molecule has 0 aromatic heterocycles. The number of rotatable bonds is 4. The van der Waals surface area contributed by atoms with E-state index in [1.165, 1.54) is 5.56 Å². The van der Waals surface area contributed by atoms with E-state index in [9.17, 15) is 4.21 Å². The van der Waals surface area contributed by atoms with Gasteiger partial charge in [0.1, 0.15) is 11.0 Å². The standard InChI is InChI=1S/C14H21NOS/c1-12(15-17(16)14(2,3)4)10-11-13-8-6-5-7-9-13/h5-9H,10-11H2,1-4H3. The molecule has 0 bridgehead atoms. The number of nitrogens with zero attached hydrogens (tertiary/aromatic N) is 1. The molecule has 94 valence electrons. The Bertz CT molecular complexity index is 404. The molecule has 0 N–H and O–H groups in total. The van der Waals surface area contributed by atoms with Crippen molar-refractivity contribution in [1.29, 1.82) is 0 Å². The zero-order valence-electron chi connectivity index (χ0n) is 11.1. The molecule has 0 saturated carbocycles. The van der Waals surface area contributed by atoms with Crippen molar-refractivity contribution in [2.24, 2.45) is 4.40 Å². The third kappa shape index (κ3) is 5.26. The predicted molar refractivity (Wildman–Crippen MR) is 75.8 cm³/mol. The maximum absolute atomic E-state index is 11.8. The molecule has 1 aromatic carbocycles. The Balaban J connectivity index is 2.53. The van der Waals surface area contributed by atoms with Crippen LogP contribution < -0.4 is 0 Å². The molecule has 0 spiro atoms. The van der Waals surface area contributed by atoms with Crippen LogP contribution in [0.2, 0.25) is 0 Å². The van der Waals surface area contributed by atoms with Crippen molar-refractivity contribution in [2.45, 2.75) is 45.3 Å². The molecule has 3 heteroatoms. The van der Waals surface area contributed by atoms with Crippen molar-refractivity contribution in [1.82, 2.24) is 0 Å². The lowest BCUT2D eigenvalue weighted by molar-refractivity contribution is 0.650. The fourth-order valence-corrected chi connectivity index (χ4v) is 1.94. The van der Waals surface area contributed by atoms with Crippen molar-refractivity contribution in [3.8, 4) is 0 Å². The van der Waals surface area contributed by atoms with Crippen LogP contribution in [0.1, 0.15) is 39.7 Å². The van der Waals surface area contributed by atoms with Gasteiger partial charge in [-0.3, -0.25) is 0 Å². The smallest absolute Gasteiger partial charge is 0.144 e. The topological polar surface area (TPSA) is 29.4 Å². The van der Waals surface area contributed by atoms with Gasteiger partial charge in [0, 0.05) is 5.71 Å². The Labute approximate surface area is 107 Å². The second-order valence-electron chi connectivity index (χ2n) is 5.17. The van der Waals surface area contributed by atoms with Gasteiger partial charge in [0.25, 0.3) is 0 Å². The molecule has 1 atom stereocenters. The van der Waals surface area contributed by atoms with Gasteiger partial charge in [0.05, 0.1) is 4.75 Å². The molecule has 1 aromatic rings. The lowest BCUT2D eigenvalue weighted by atomic mass is 10.1. The van der Waals surface area contributed by atoms with Crippen molar-refractivity contribution in [2.75, 3.05) is 0 Å². The maximum atomic E-state index is 11.8. The maximum Gasteiger partial charge on any atom is 0.144 e. The lowest BCUT2D eigenvalue weighted by Crippen LogP contribution is -2.20. The van der Waals surface area contributed by atoms with E-state index in [0.29, 0.717) is 0 Å². The van der Waals surface area contributed by atoms with E-state index in [1.54, 1.807) is 0 Å². The number of benzene rings is 1. The van der Waals surface area contributed by atoms with Gasteiger partial charge in [-0.1, -0.05) is 30.3 Å². The molecule has 0 saturated heterocycles. The number of aryl methyl sites for hydroxylation is 1. The second-order valence-corrected chi connectivity index (χ2v) is 7.08. The van der Waals surface area contributed by atoms with E-state index < -0.39 is 11.0 Å². The third-order valence-corrected chi connectivity index (χ3v) is 3.91. The second kappa shape index (κ2) is 6.10. The zero-order chi connectivity index (χ0) is 12.9. The van der Waals surface area contributed by atoms with Crippen LogP contribution in [0.4, 0.5) is 0 Å². The van der Waals surface area contributed by atoms with E-state index in [-0.39, 0.29) is 4.75 Å². The molecule has 0 fully saturated rings. The Morgan fingerprint density at radius 1 is 1.24 bits per heavy atom. The predicted octanol–water partition coefficient (Wildman–Crippen LogP) is 3.54. The Morgan fingerprint density at radius 2 is 1.82 bits per heavy atom. The van der Waals surface area contributed by atoms with Crippen molar-refractivity contribution in [3.63, 3.8) is 0 Å². The molecule has 0 heterocycles. The molecular weight excluding hydrogens is 230 g/mol. The van der Waals surface area contributed by atoms with E-state index >= 15 is 0 Å². The summed E-state index contributed by atoms with van der Waals surface area (Å²) in [6, 6.07) is 10.3. The summed E-state index contributed by atoms with van der Waals surface area (Å²) < 4.78 is 15.8. The van der Waals surface area contributed by atoms with Gasteiger partial charge in [-0.05, 0) is 46.1 Å². The van der Waals surface area contributed by atoms with Crippen LogP contribution in [0.5, 0.6) is 0 Å². The SMILES string of the molecule is CC(CCc1ccccc1)=NS(=O)C(C)(C)C. The van der Waals surface area contributed by atoms with Crippen LogP contribution in [0.3, 0.4) is 0 Å². The molecule has 1 rings (SSSR count). The van der Waals surface area contributed by atoms with Crippen LogP contribution in [-0.4, -0.2) is 14.7 Å². The van der Waals surface area contributed by atoms with Crippen LogP contribution in [0.25, 0.3) is 0 Å². The summed E-state index contributed by atoms with van der Waals surface area (Å²) in [5.41, 5.74) is 2.26. The van der Waals surface area contributed by atoms with Gasteiger partial charge in [-0.15, -0.1) is 0 Å². The minimum absolute atomic E-state index is 0.270. The molecular formula is C14H21NOS. The summed E-state index contributed by atoms with van der Waals surface area (Å²) in [6.07, 6.45) is 1.82. The third-order valence-electron chi connectivity index (χ3n) is 2.38. The lowest BCUT2D eigenvalue weighted by Gasteiger charge is -2.14. The Morgan fingerprint density at radius 3 is 2.35 bits per heavy atom. The van der Waals surface area contributed by atoms with Crippen molar-refractivity contribution in [3.05, 3.63) is 35.9 Å². The Kier molecular flexibility index (Phi) is 5.06. The molecule has 0 aliphatic heterocycles. The molecule has 0 amide bonds. The highest BCUT2D eigenvalue weighted by molar-refractivity contribution is 7.85. The molecule has 0 aliphatic carbocycles. The van der Waals surface area contributed by atoms with Crippen LogP contribution in [0, 0.1) is 0 Å². The summed E-state index contributed by atoms with van der Waals surface area (Å²) in [5, 5.41) is 0. The average molecular weight is 251 g/mol. The normalized spacial score (nSPS) is 14.7. The van der Waals surface area contributed by atoms with E-state index in [0.717, 1.165) is 18.6 Å². The highest BCUT2D eigenvalue weighted by atomic mass is 32.2. The van der Waals surface area contributed by atoms with Crippen LogP contribution in [-0.2, 0) is 17.4 Å². The molecule has 2 nitrogen and oxygen atoms in total. The molecule has 0 radical (unpaired) electrons. The molecule has 1 unspecified atom stereocenters. The van der Waals surface area contributed by atoms with Crippen LogP contribution >= 0.6 is 0 Å². The monoisotopic (exact) mass is 251 g/mol. The first-order chi connectivity index (χ1) is 7.89. The summed E-state index contributed by atoms with van der Waals surface area (Å²) in [4.78, 5) is 0. The minimum atomic E-state index is -1.14. The zero-order valence-corrected chi connectivity index (χ0v) is 11.9. The Hall–Kier alpha value is -0.960. The van der Waals surface area contributed by atoms with Crippen LogP contribution in [0.15, 0.2) is 34.7 Å². The van der Waals surface area contributed by atoms with E-state index in [1.807, 2.05) is 45.9 Å². The van der Waals surface area contributed by atoms with Gasteiger partial charge in [0.2, 0.25) is 0 Å². The molecule has 17 heavy (non-hydrogen) atoms. The van der Waals surface area contributed by atoms with Gasteiger partial charge in [-0.25, -0.2) is 4.21 Å². The van der Waals surface area contributed by atoms with Gasteiger partial charge in [-0.2, -0.15) is 4.40 Å². The fourth-order valence-electron chi connectivity index (χ4n) is 1.29. The molecule has 0 aliphatic rings. The van der Waals surface area contributed by atoms with Crippen molar-refractivity contribution < 1.29 is 4.21 Å².